The Hall–Kier alpha value is -3.20. The molecule has 0 unspecified atom stereocenters. The number of methoxy groups -OCH3 is 1. The number of benzene rings is 4. The first-order valence-corrected chi connectivity index (χ1v) is 8.74. The molecule has 3 nitrogen and oxygen atoms in total. The topological polar surface area (TPSA) is 27.7 Å². The molecule has 5 rings (SSSR count). The number of rotatable bonds is 2. The molecule has 4 aromatic carbocycles. The Morgan fingerprint density at radius 1 is 0.731 bits per heavy atom. The van der Waals surface area contributed by atoms with Crippen molar-refractivity contribution < 1.29 is 14.2 Å². The summed E-state index contributed by atoms with van der Waals surface area (Å²) in [6.07, 6.45) is 0. The highest BCUT2D eigenvalue weighted by atomic mass is 16.6. The van der Waals surface area contributed by atoms with Gasteiger partial charge >= 0.3 is 0 Å². The van der Waals surface area contributed by atoms with Crippen molar-refractivity contribution in [2.75, 3.05) is 20.3 Å². The molecule has 3 heteroatoms. The first-order chi connectivity index (χ1) is 12.9. The lowest BCUT2D eigenvalue weighted by atomic mass is 9.91. The minimum absolute atomic E-state index is 0.547. The Morgan fingerprint density at radius 3 is 2.23 bits per heavy atom. The maximum atomic E-state index is 6.08. The zero-order chi connectivity index (χ0) is 17.5. The van der Waals surface area contributed by atoms with Crippen LogP contribution in [0.5, 0.6) is 17.2 Å². The quantitative estimate of drug-likeness (QED) is 0.485. The molecule has 0 spiro atoms. The lowest BCUT2D eigenvalue weighted by molar-refractivity contribution is 0.173. The summed E-state index contributed by atoms with van der Waals surface area (Å²) in [5.74, 6) is 2.42. The van der Waals surface area contributed by atoms with Crippen LogP contribution in [0, 0.1) is 0 Å². The second-order valence-electron chi connectivity index (χ2n) is 6.36. The van der Waals surface area contributed by atoms with E-state index in [1.165, 1.54) is 5.39 Å². The summed E-state index contributed by atoms with van der Waals surface area (Å²) in [5, 5.41) is 4.56. The Morgan fingerprint density at radius 2 is 1.42 bits per heavy atom. The maximum Gasteiger partial charge on any atom is 0.169 e. The summed E-state index contributed by atoms with van der Waals surface area (Å²) in [6.45, 7) is 1.11. The molecule has 0 fully saturated rings. The van der Waals surface area contributed by atoms with Gasteiger partial charge in [0, 0.05) is 11.1 Å². The van der Waals surface area contributed by atoms with Crippen LogP contribution < -0.4 is 14.2 Å². The third-order valence-electron chi connectivity index (χ3n) is 4.92. The maximum absolute atomic E-state index is 6.08. The second kappa shape index (κ2) is 5.95. The van der Waals surface area contributed by atoms with Crippen LogP contribution >= 0.6 is 0 Å². The highest BCUT2D eigenvalue weighted by Crippen LogP contribution is 2.50. The first-order valence-electron chi connectivity index (χ1n) is 8.74. The highest BCUT2D eigenvalue weighted by Gasteiger charge is 2.24. The van der Waals surface area contributed by atoms with Crippen molar-refractivity contribution in [3.63, 3.8) is 0 Å². The van der Waals surface area contributed by atoms with E-state index in [1.807, 2.05) is 12.1 Å². The first kappa shape index (κ1) is 15.1. The molecule has 128 valence electrons. The average molecular weight is 342 g/mol. The number of fused-ring (bicyclic) bond motifs is 3. The molecule has 0 saturated heterocycles. The standard InChI is InChI=1S/C23H18O3/c1-24-19-11-10-15-6-2-4-8-17(15)21(19)22-18-9-5-3-7-16(18)14-20-23(22)26-13-12-25-20/h2-11,14H,12-13H2,1H3. The molecule has 0 radical (unpaired) electrons. The molecular weight excluding hydrogens is 324 g/mol. The van der Waals surface area contributed by atoms with Crippen LogP contribution in [0.3, 0.4) is 0 Å². The molecule has 1 heterocycles. The van der Waals surface area contributed by atoms with E-state index < -0.39 is 0 Å². The van der Waals surface area contributed by atoms with E-state index >= 15 is 0 Å². The normalized spacial score (nSPS) is 13.1. The SMILES string of the molecule is COc1ccc2ccccc2c1-c1c2c(cc3ccccc13)OCCO2. The van der Waals surface area contributed by atoms with Gasteiger partial charge in [-0.05, 0) is 33.7 Å². The van der Waals surface area contributed by atoms with E-state index in [0.717, 1.165) is 44.5 Å². The van der Waals surface area contributed by atoms with E-state index in [2.05, 4.69) is 54.6 Å². The average Bonchev–Trinajstić information content (AvgIpc) is 2.71. The van der Waals surface area contributed by atoms with E-state index in [0.29, 0.717) is 13.2 Å². The third-order valence-corrected chi connectivity index (χ3v) is 4.92. The van der Waals surface area contributed by atoms with Crippen molar-refractivity contribution in [2.24, 2.45) is 0 Å². The smallest absolute Gasteiger partial charge is 0.169 e. The fraction of sp³-hybridized carbons (Fsp3) is 0.130. The fourth-order valence-corrected chi connectivity index (χ4v) is 3.78. The molecule has 0 aliphatic carbocycles. The summed E-state index contributed by atoms with van der Waals surface area (Å²) < 4.78 is 17.7. The van der Waals surface area contributed by atoms with Gasteiger partial charge in [0.1, 0.15) is 19.0 Å². The van der Waals surface area contributed by atoms with Gasteiger partial charge in [0.25, 0.3) is 0 Å². The number of hydrogen-bond donors (Lipinski definition) is 0. The van der Waals surface area contributed by atoms with Gasteiger partial charge in [-0.15, -0.1) is 0 Å². The van der Waals surface area contributed by atoms with Crippen LogP contribution in [0.1, 0.15) is 0 Å². The minimum Gasteiger partial charge on any atom is -0.496 e. The monoisotopic (exact) mass is 342 g/mol. The van der Waals surface area contributed by atoms with E-state index in [-0.39, 0.29) is 0 Å². The Labute approximate surface area is 151 Å². The Balaban J connectivity index is 1.98. The minimum atomic E-state index is 0.547. The van der Waals surface area contributed by atoms with Gasteiger partial charge in [-0.2, -0.15) is 0 Å². The van der Waals surface area contributed by atoms with E-state index in [9.17, 15) is 0 Å². The number of hydrogen-bond acceptors (Lipinski definition) is 3. The van der Waals surface area contributed by atoms with Gasteiger partial charge in [-0.25, -0.2) is 0 Å². The molecule has 0 saturated carbocycles. The lowest BCUT2D eigenvalue weighted by Crippen LogP contribution is -2.16. The highest BCUT2D eigenvalue weighted by molar-refractivity contribution is 6.10. The van der Waals surface area contributed by atoms with Crippen molar-refractivity contribution in [3.05, 3.63) is 66.7 Å². The predicted octanol–water partition coefficient (Wildman–Crippen LogP) is 5.44. The van der Waals surface area contributed by atoms with E-state index in [1.54, 1.807) is 7.11 Å². The molecule has 26 heavy (non-hydrogen) atoms. The van der Waals surface area contributed by atoms with Crippen molar-refractivity contribution in [1.82, 2.24) is 0 Å². The van der Waals surface area contributed by atoms with Gasteiger partial charge in [0.05, 0.1) is 7.11 Å². The van der Waals surface area contributed by atoms with Crippen molar-refractivity contribution in [1.29, 1.82) is 0 Å². The zero-order valence-corrected chi connectivity index (χ0v) is 14.5. The molecule has 4 aromatic rings. The van der Waals surface area contributed by atoms with Crippen LogP contribution in [0.25, 0.3) is 32.7 Å². The zero-order valence-electron chi connectivity index (χ0n) is 14.5. The van der Waals surface area contributed by atoms with Gasteiger partial charge < -0.3 is 14.2 Å². The van der Waals surface area contributed by atoms with Gasteiger partial charge in [-0.1, -0.05) is 54.6 Å². The van der Waals surface area contributed by atoms with Gasteiger partial charge in [-0.3, -0.25) is 0 Å². The van der Waals surface area contributed by atoms with Crippen LogP contribution in [-0.4, -0.2) is 20.3 Å². The summed E-state index contributed by atoms with van der Waals surface area (Å²) in [5.41, 5.74) is 2.08. The molecule has 0 aromatic heterocycles. The fourth-order valence-electron chi connectivity index (χ4n) is 3.78. The summed E-state index contributed by atoms with van der Waals surface area (Å²) >= 11 is 0. The summed E-state index contributed by atoms with van der Waals surface area (Å²) in [6, 6.07) is 22.9. The van der Waals surface area contributed by atoms with Crippen LogP contribution in [0.2, 0.25) is 0 Å². The molecule has 1 aliphatic rings. The van der Waals surface area contributed by atoms with E-state index in [4.69, 9.17) is 14.2 Å². The third kappa shape index (κ3) is 2.21. The largest absolute Gasteiger partial charge is 0.496 e. The molecule has 1 aliphatic heterocycles. The summed E-state index contributed by atoms with van der Waals surface area (Å²) in [4.78, 5) is 0. The molecule has 0 amide bonds. The van der Waals surface area contributed by atoms with Crippen molar-refractivity contribution >= 4 is 21.5 Å². The van der Waals surface area contributed by atoms with Crippen molar-refractivity contribution in [3.8, 4) is 28.4 Å². The second-order valence-corrected chi connectivity index (χ2v) is 6.36. The predicted molar refractivity (Wildman–Crippen MR) is 104 cm³/mol. The van der Waals surface area contributed by atoms with Crippen LogP contribution in [-0.2, 0) is 0 Å². The number of ether oxygens (including phenoxy) is 3. The van der Waals surface area contributed by atoms with Crippen LogP contribution in [0.15, 0.2) is 66.7 Å². The molecule has 0 atom stereocenters. The Bertz CT molecular complexity index is 1130. The van der Waals surface area contributed by atoms with Gasteiger partial charge in [0.15, 0.2) is 11.5 Å². The van der Waals surface area contributed by atoms with Crippen LogP contribution in [0.4, 0.5) is 0 Å². The van der Waals surface area contributed by atoms with Crippen molar-refractivity contribution in [2.45, 2.75) is 0 Å². The molecular formula is C23H18O3. The molecule has 0 bridgehead atoms. The summed E-state index contributed by atoms with van der Waals surface area (Å²) in [7, 11) is 1.71. The Kier molecular flexibility index (Phi) is 3.45. The lowest BCUT2D eigenvalue weighted by Gasteiger charge is -2.24. The molecule has 0 N–H and O–H groups in total. The van der Waals surface area contributed by atoms with Gasteiger partial charge in [0.2, 0.25) is 0 Å².